The minimum Gasteiger partial charge on any atom is -0.394 e. The van der Waals surface area contributed by atoms with E-state index in [2.05, 4.69) is 5.10 Å². The Labute approximate surface area is 109 Å². The molecule has 1 unspecified atom stereocenters. The Kier molecular flexibility index (Phi) is 4.14. The smallest absolute Gasteiger partial charge is 0.282 e. The van der Waals surface area contributed by atoms with Crippen LogP contribution in [0.15, 0.2) is 6.20 Å². The van der Waals surface area contributed by atoms with Crippen molar-refractivity contribution in [3.05, 3.63) is 17.5 Å². The Balaban J connectivity index is 2.27. The molecule has 19 heavy (non-hydrogen) atoms. The average molecular weight is 273 g/mol. The lowest BCUT2D eigenvalue weighted by Gasteiger charge is -2.34. The van der Waals surface area contributed by atoms with Crippen molar-refractivity contribution in [3.63, 3.8) is 0 Å². The molecule has 1 amide bonds. The van der Waals surface area contributed by atoms with Gasteiger partial charge in [-0.05, 0) is 19.3 Å². The lowest BCUT2D eigenvalue weighted by Crippen LogP contribution is -2.45. The number of carbonyl (C=O) groups excluding carboxylic acids is 1. The lowest BCUT2D eigenvalue weighted by molar-refractivity contribution is 0.0494. The van der Waals surface area contributed by atoms with Crippen molar-refractivity contribution < 1.29 is 18.7 Å². The summed E-state index contributed by atoms with van der Waals surface area (Å²) in [4.78, 5) is 13.8. The van der Waals surface area contributed by atoms with Gasteiger partial charge in [-0.15, -0.1) is 0 Å². The third-order valence-electron chi connectivity index (χ3n) is 3.39. The Hall–Kier alpha value is -1.50. The minimum absolute atomic E-state index is 0.0714. The van der Waals surface area contributed by atoms with Crippen LogP contribution in [0.3, 0.4) is 0 Å². The van der Waals surface area contributed by atoms with E-state index in [-0.39, 0.29) is 18.2 Å². The number of amides is 1. The first kappa shape index (κ1) is 13.9. The van der Waals surface area contributed by atoms with Crippen molar-refractivity contribution in [3.8, 4) is 0 Å². The first-order valence-electron chi connectivity index (χ1n) is 6.28. The van der Waals surface area contributed by atoms with Gasteiger partial charge in [0.1, 0.15) is 5.69 Å². The summed E-state index contributed by atoms with van der Waals surface area (Å²) in [6.45, 7) is 0.345. The molecular formula is C12H17F2N3O2. The molecule has 1 aromatic rings. The van der Waals surface area contributed by atoms with Gasteiger partial charge in [0.2, 0.25) is 0 Å². The highest BCUT2D eigenvalue weighted by atomic mass is 19.3. The maximum absolute atomic E-state index is 12.9. The number of aromatic nitrogens is 2. The van der Waals surface area contributed by atoms with Gasteiger partial charge < -0.3 is 10.0 Å². The van der Waals surface area contributed by atoms with Crippen LogP contribution in [0.1, 0.15) is 41.7 Å². The Morgan fingerprint density at radius 2 is 2.32 bits per heavy atom. The van der Waals surface area contributed by atoms with E-state index in [1.807, 2.05) is 0 Å². The SMILES string of the molecule is Cn1cc(C(=O)N2CCCCC2CO)c(C(F)F)n1. The largest absolute Gasteiger partial charge is 0.394 e. The van der Waals surface area contributed by atoms with Crippen molar-refractivity contribution >= 4 is 5.91 Å². The highest BCUT2D eigenvalue weighted by Gasteiger charge is 2.31. The molecule has 0 radical (unpaired) electrons. The standard InChI is InChI=1S/C12H17F2N3O2/c1-16-6-9(10(15-16)11(13)14)12(19)17-5-3-2-4-8(17)7-18/h6,8,11,18H,2-5,7H2,1H3. The van der Waals surface area contributed by atoms with E-state index < -0.39 is 18.0 Å². The highest BCUT2D eigenvalue weighted by Crippen LogP contribution is 2.25. The molecule has 2 heterocycles. The van der Waals surface area contributed by atoms with Crippen LogP contribution in [0.4, 0.5) is 8.78 Å². The Morgan fingerprint density at radius 1 is 1.58 bits per heavy atom. The molecule has 5 nitrogen and oxygen atoms in total. The van der Waals surface area contributed by atoms with Crippen LogP contribution in [0, 0.1) is 0 Å². The fourth-order valence-electron chi connectivity index (χ4n) is 2.44. The predicted octanol–water partition coefficient (Wildman–Crippen LogP) is 1.34. The number of aliphatic hydroxyl groups is 1. The molecule has 2 rings (SSSR count). The zero-order chi connectivity index (χ0) is 14.0. The summed E-state index contributed by atoms with van der Waals surface area (Å²) in [5.41, 5.74) is -0.562. The number of likely N-dealkylation sites (tertiary alicyclic amines) is 1. The van der Waals surface area contributed by atoms with E-state index >= 15 is 0 Å². The van der Waals surface area contributed by atoms with Gasteiger partial charge in [0.05, 0.1) is 18.2 Å². The second-order valence-electron chi connectivity index (χ2n) is 4.73. The molecule has 1 aliphatic rings. The summed E-state index contributed by atoms with van der Waals surface area (Å²) in [5, 5.41) is 12.9. The first-order valence-corrected chi connectivity index (χ1v) is 6.28. The number of hydrogen-bond donors (Lipinski definition) is 1. The maximum Gasteiger partial charge on any atom is 0.282 e. The minimum atomic E-state index is -2.78. The number of halogens is 2. The highest BCUT2D eigenvalue weighted by molar-refractivity contribution is 5.95. The van der Waals surface area contributed by atoms with E-state index in [9.17, 15) is 18.7 Å². The Bertz CT molecular complexity index is 462. The van der Waals surface area contributed by atoms with Gasteiger partial charge in [-0.1, -0.05) is 0 Å². The molecule has 1 N–H and O–H groups in total. The van der Waals surface area contributed by atoms with Crippen LogP contribution >= 0.6 is 0 Å². The molecule has 1 aliphatic heterocycles. The van der Waals surface area contributed by atoms with Crippen molar-refractivity contribution in [2.45, 2.75) is 31.7 Å². The zero-order valence-corrected chi connectivity index (χ0v) is 10.7. The number of aryl methyl sites for hydroxylation is 1. The third-order valence-corrected chi connectivity index (χ3v) is 3.39. The summed E-state index contributed by atoms with van der Waals surface area (Å²) in [6.07, 6.45) is 0.993. The molecule has 1 atom stereocenters. The lowest BCUT2D eigenvalue weighted by atomic mass is 10.0. The first-order chi connectivity index (χ1) is 9.04. The number of alkyl halides is 2. The number of carbonyl (C=O) groups is 1. The zero-order valence-electron chi connectivity index (χ0n) is 10.7. The summed E-state index contributed by atoms with van der Waals surface area (Å²) >= 11 is 0. The van der Waals surface area contributed by atoms with Gasteiger partial charge in [0, 0.05) is 19.8 Å². The molecule has 106 valence electrons. The number of piperidine rings is 1. The molecular weight excluding hydrogens is 256 g/mol. The fourth-order valence-corrected chi connectivity index (χ4v) is 2.44. The summed E-state index contributed by atoms with van der Waals surface area (Å²) in [7, 11) is 1.50. The van der Waals surface area contributed by atoms with Crippen LogP contribution in [-0.2, 0) is 7.05 Å². The van der Waals surface area contributed by atoms with Crippen molar-refractivity contribution in [1.29, 1.82) is 0 Å². The quantitative estimate of drug-likeness (QED) is 0.904. The van der Waals surface area contributed by atoms with Crippen LogP contribution in [-0.4, -0.2) is 44.9 Å². The molecule has 1 aromatic heterocycles. The van der Waals surface area contributed by atoms with E-state index in [0.29, 0.717) is 13.0 Å². The topological polar surface area (TPSA) is 58.4 Å². The van der Waals surface area contributed by atoms with Crippen LogP contribution in [0.2, 0.25) is 0 Å². The Morgan fingerprint density at radius 3 is 2.95 bits per heavy atom. The molecule has 0 aliphatic carbocycles. The molecule has 1 saturated heterocycles. The molecule has 7 heteroatoms. The monoisotopic (exact) mass is 273 g/mol. The van der Waals surface area contributed by atoms with Gasteiger partial charge in [0.15, 0.2) is 0 Å². The van der Waals surface area contributed by atoms with E-state index in [1.165, 1.54) is 22.8 Å². The second kappa shape index (κ2) is 5.64. The number of aliphatic hydroxyl groups excluding tert-OH is 1. The van der Waals surface area contributed by atoms with Crippen molar-refractivity contribution in [2.24, 2.45) is 7.05 Å². The second-order valence-corrected chi connectivity index (χ2v) is 4.73. The van der Waals surface area contributed by atoms with E-state index in [1.54, 1.807) is 0 Å². The van der Waals surface area contributed by atoms with E-state index in [4.69, 9.17) is 0 Å². The average Bonchev–Trinajstić information content (AvgIpc) is 2.80. The normalized spacial score (nSPS) is 20.1. The summed E-state index contributed by atoms with van der Waals surface area (Å²) in [6, 6.07) is -0.285. The molecule has 0 saturated carbocycles. The van der Waals surface area contributed by atoms with Gasteiger partial charge in [-0.25, -0.2) is 8.78 Å². The number of hydrogen-bond acceptors (Lipinski definition) is 3. The van der Waals surface area contributed by atoms with Gasteiger partial charge in [0.25, 0.3) is 12.3 Å². The maximum atomic E-state index is 12.9. The summed E-state index contributed by atoms with van der Waals surface area (Å²) in [5.74, 6) is -0.470. The van der Waals surface area contributed by atoms with Crippen LogP contribution in [0.5, 0.6) is 0 Å². The van der Waals surface area contributed by atoms with Gasteiger partial charge >= 0.3 is 0 Å². The molecule has 1 fully saturated rings. The third kappa shape index (κ3) is 2.75. The summed E-state index contributed by atoms with van der Waals surface area (Å²) < 4.78 is 26.9. The molecule has 0 spiro atoms. The van der Waals surface area contributed by atoms with E-state index in [0.717, 1.165) is 12.8 Å². The van der Waals surface area contributed by atoms with Gasteiger partial charge in [-0.2, -0.15) is 5.10 Å². The number of rotatable bonds is 3. The van der Waals surface area contributed by atoms with Crippen LogP contribution < -0.4 is 0 Å². The van der Waals surface area contributed by atoms with Crippen molar-refractivity contribution in [1.82, 2.24) is 14.7 Å². The predicted molar refractivity (Wildman–Crippen MR) is 63.9 cm³/mol. The molecule has 0 aromatic carbocycles. The van der Waals surface area contributed by atoms with Crippen molar-refractivity contribution in [2.75, 3.05) is 13.2 Å². The number of nitrogens with zero attached hydrogens (tertiary/aromatic N) is 3. The fraction of sp³-hybridized carbons (Fsp3) is 0.667. The van der Waals surface area contributed by atoms with Gasteiger partial charge in [-0.3, -0.25) is 9.48 Å². The molecule has 0 bridgehead atoms. The van der Waals surface area contributed by atoms with Crippen LogP contribution in [0.25, 0.3) is 0 Å².